The van der Waals surface area contributed by atoms with Crippen LogP contribution in [0.15, 0.2) is 86.3 Å². The molecule has 2 aromatic rings. The molecule has 0 unspecified atom stereocenters. The number of rotatable bonds is 6. The number of aliphatic imine (C=N–C) groups is 1. The maximum atomic E-state index is 14.9. The van der Waals surface area contributed by atoms with Crippen LogP contribution in [0.3, 0.4) is 0 Å². The standard InChI is InChI=1S/C23H20FN3O4S/c1-13-9-16(12-25-11-13)27-15-3-5-17(6-4-15)32(30,31)23-19(24)7-8-20-22(23)18(10-21(28)29)14(2)26-20/h3-7,9,11-12,27H,8,10H2,1-2H3,(H,28,29). The number of carbonyl (C=O) groups is 1. The molecule has 2 N–H and O–H groups in total. The summed E-state index contributed by atoms with van der Waals surface area (Å²) in [4.78, 5) is 19.1. The van der Waals surface area contributed by atoms with Crippen LogP contribution < -0.4 is 5.32 Å². The van der Waals surface area contributed by atoms with Crippen LogP contribution in [0, 0.1) is 6.92 Å². The number of aromatic nitrogens is 1. The molecule has 0 saturated heterocycles. The number of nitrogens with one attached hydrogen (secondary N) is 1. The van der Waals surface area contributed by atoms with Gasteiger partial charge in [-0.1, -0.05) is 0 Å². The number of aryl methyl sites for hydroxylation is 1. The molecule has 2 aliphatic rings. The van der Waals surface area contributed by atoms with Crippen molar-refractivity contribution >= 4 is 32.9 Å². The number of pyridine rings is 1. The Morgan fingerprint density at radius 3 is 2.53 bits per heavy atom. The molecule has 0 radical (unpaired) electrons. The number of aliphatic carboxylic acids is 1. The predicted octanol–water partition coefficient (Wildman–Crippen LogP) is 4.62. The summed E-state index contributed by atoms with van der Waals surface area (Å²) in [7, 11) is -4.27. The molecular formula is C23H20FN3O4S. The minimum absolute atomic E-state index is 0.0675. The van der Waals surface area contributed by atoms with E-state index in [2.05, 4.69) is 15.3 Å². The van der Waals surface area contributed by atoms with E-state index in [1.165, 1.54) is 12.1 Å². The summed E-state index contributed by atoms with van der Waals surface area (Å²) in [5, 5.41) is 12.4. The van der Waals surface area contributed by atoms with Crippen LogP contribution >= 0.6 is 0 Å². The van der Waals surface area contributed by atoms with Gasteiger partial charge in [0.1, 0.15) is 10.7 Å². The molecule has 0 spiro atoms. The Kier molecular flexibility index (Phi) is 5.52. The topological polar surface area (TPSA) is 109 Å². The number of sulfone groups is 1. The molecule has 32 heavy (non-hydrogen) atoms. The zero-order valence-corrected chi connectivity index (χ0v) is 18.2. The highest BCUT2D eigenvalue weighted by atomic mass is 32.2. The van der Waals surface area contributed by atoms with E-state index >= 15 is 0 Å². The summed E-state index contributed by atoms with van der Waals surface area (Å²) >= 11 is 0. The van der Waals surface area contributed by atoms with Gasteiger partial charge in [0.2, 0.25) is 9.84 Å². The second kappa shape index (κ2) is 8.16. The van der Waals surface area contributed by atoms with E-state index in [1.54, 1.807) is 31.5 Å². The molecule has 2 heterocycles. The smallest absolute Gasteiger partial charge is 0.307 e. The Labute approximate surface area is 184 Å². The van der Waals surface area contributed by atoms with E-state index in [0.29, 0.717) is 17.1 Å². The first kappa shape index (κ1) is 21.6. The van der Waals surface area contributed by atoms with E-state index < -0.39 is 33.0 Å². The van der Waals surface area contributed by atoms with Crippen LogP contribution in [0.5, 0.6) is 0 Å². The minimum Gasteiger partial charge on any atom is -0.481 e. The number of nitrogens with zero attached hydrogens (tertiary/aromatic N) is 2. The van der Waals surface area contributed by atoms with Crippen LogP contribution in [-0.4, -0.2) is 30.2 Å². The van der Waals surface area contributed by atoms with Crippen LogP contribution in [0.25, 0.3) is 0 Å². The summed E-state index contributed by atoms with van der Waals surface area (Å²) in [6.45, 7) is 3.50. The van der Waals surface area contributed by atoms with Crippen LogP contribution in [0.2, 0.25) is 0 Å². The number of fused-ring (bicyclic) bond motifs is 1. The largest absolute Gasteiger partial charge is 0.481 e. The average Bonchev–Trinajstić information content (AvgIpc) is 3.03. The Morgan fingerprint density at radius 2 is 1.88 bits per heavy atom. The zero-order chi connectivity index (χ0) is 23.0. The number of halogens is 1. The Hall–Kier alpha value is -3.59. The number of hydrogen-bond acceptors (Lipinski definition) is 6. The lowest BCUT2D eigenvalue weighted by molar-refractivity contribution is -0.136. The van der Waals surface area contributed by atoms with E-state index in [1.807, 2.05) is 13.0 Å². The number of carboxylic acid groups (broad SMARTS) is 1. The van der Waals surface area contributed by atoms with Gasteiger partial charge in [-0.05, 0) is 61.4 Å². The lowest BCUT2D eigenvalue weighted by Crippen LogP contribution is -2.17. The first-order valence-corrected chi connectivity index (χ1v) is 11.3. The van der Waals surface area contributed by atoms with Gasteiger partial charge in [-0.25, -0.2) is 12.8 Å². The molecule has 0 bridgehead atoms. The molecular weight excluding hydrogens is 433 g/mol. The number of allylic oxidation sites excluding steroid dienone is 4. The molecule has 1 aromatic heterocycles. The van der Waals surface area contributed by atoms with Crippen molar-refractivity contribution in [3.05, 3.63) is 81.9 Å². The van der Waals surface area contributed by atoms with Crippen molar-refractivity contribution in [2.24, 2.45) is 4.99 Å². The second-order valence-corrected chi connectivity index (χ2v) is 9.44. The fourth-order valence-electron chi connectivity index (χ4n) is 3.75. The third-order valence-electron chi connectivity index (χ3n) is 5.17. The van der Waals surface area contributed by atoms with Gasteiger partial charge in [0.25, 0.3) is 0 Å². The Morgan fingerprint density at radius 1 is 1.16 bits per heavy atom. The van der Waals surface area contributed by atoms with Crippen molar-refractivity contribution in [3.63, 3.8) is 0 Å². The fourth-order valence-corrected chi connectivity index (χ4v) is 5.33. The maximum absolute atomic E-state index is 14.9. The van der Waals surface area contributed by atoms with Crippen molar-refractivity contribution < 1.29 is 22.7 Å². The molecule has 0 atom stereocenters. The summed E-state index contributed by atoms with van der Waals surface area (Å²) in [5.74, 6) is -2.04. The number of carboxylic acids is 1. The number of hydrogen-bond donors (Lipinski definition) is 2. The number of benzene rings is 1. The SMILES string of the molecule is CC1=C(CC(=O)O)C2=C(S(=O)(=O)c3ccc(Nc4cncc(C)c4)cc3)C(F)=CCC2=N1. The summed E-state index contributed by atoms with van der Waals surface area (Å²) in [6, 6.07) is 7.82. The molecule has 1 aromatic carbocycles. The molecule has 9 heteroatoms. The number of anilines is 2. The Balaban J connectivity index is 1.73. The van der Waals surface area contributed by atoms with Gasteiger partial charge in [-0.3, -0.25) is 14.8 Å². The second-order valence-electron chi connectivity index (χ2n) is 7.56. The van der Waals surface area contributed by atoms with Crippen LogP contribution in [0.4, 0.5) is 15.8 Å². The molecule has 4 rings (SSSR count). The van der Waals surface area contributed by atoms with Gasteiger partial charge in [0.05, 0.1) is 28.9 Å². The average molecular weight is 453 g/mol. The highest BCUT2D eigenvalue weighted by Crippen LogP contribution is 2.41. The highest BCUT2D eigenvalue weighted by Gasteiger charge is 2.37. The third-order valence-corrected chi connectivity index (χ3v) is 7.00. The van der Waals surface area contributed by atoms with Crippen molar-refractivity contribution in [2.45, 2.75) is 31.6 Å². The van der Waals surface area contributed by atoms with Crippen molar-refractivity contribution in [1.29, 1.82) is 0 Å². The van der Waals surface area contributed by atoms with E-state index in [0.717, 1.165) is 17.3 Å². The molecule has 164 valence electrons. The van der Waals surface area contributed by atoms with E-state index in [4.69, 9.17) is 0 Å². The summed E-state index contributed by atoms with van der Waals surface area (Å²) in [6.07, 6.45) is 4.19. The van der Waals surface area contributed by atoms with Crippen molar-refractivity contribution in [2.75, 3.05) is 5.32 Å². The van der Waals surface area contributed by atoms with Gasteiger partial charge in [-0.15, -0.1) is 0 Å². The summed E-state index contributed by atoms with van der Waals surface area (Å²) in [5.41, 5.74) is 3.40. The zero-order valence-electron chi connectivity index (χ0n) is 17.4. The molecule has 1 aliphatic carbocycles. The molecule has 1 aliphatic heterocycles. The first-order chi connectivity index (χ1) is 15.2. The van der Waals surface area contributed by atoms with Crippen LogP contribution in [0.1, 0.15) is 25.3 Å². The first-order valence-electron chi connectivity index (χ1n) is 9.81. The van der Waals surface area contributed by atoms with Gasteiger partial charge in [0.15, 0.2) is 0 Å². The minimum atomic E-state index is -4.27. The van der Waals surface area contributed by atoms with E-state index in [9.17, 15) is 22.7 Å². The molecule has 0 saturated carbocycles. The summed E-state index contributed by atoms with van der Waals surface area (Å²) < 4.78 is 41.7. The molecule has 7 nitrogen and oxygen atoms in total. The molecule has 0 amide bonds. The highest BCUT2D eigenvalue weighted by molar-refractivity contribution is 7.95. The fraction of sp³-hybridized carbons (Fsp3) is 0.174. The lowest BCUT2D eigenvalue weighted by Gasteiger charge is -2.18. The van der Waals surface area contributed by atoms with E-state index in [-0.39, 0.29) is 22.5 Å². The van der Waals surface area contributed by atoms with Gasteiger partial charge < -0.3 is 10.4 Å². The molecule has 0 fully saturated rings. The lowest BCUT2D eigenvalue weighted by atomic mass is 9.94. The quantitative estimate of drug-likeness (QED) is 0.661. The normalized spacial score (nSPS) is 16.0. The van der Waals surface area contributed by atoms with Gasteiger partial charge in [-0.2, -0.15) is 0 Å². The van der Waals surface area contributed by atoms with Crippen molar-refractivity contribution in [3.8, 4) is 0 Å². The van der Waals surface area contributed by atoms with Crippen LogP contribution in [-0.2, 0) is 14.6 Å². The monoisotopic (exact) mass is 453 g/mol. The maximum Gasteiger partial charge on any atom is 0.307 e. The van der Waals surface area contributed by atoms with Crippen molar-refractivity contribution in [1.82, 2.24) is 4.98 Å². The van der Waals surface area contributed by atoms with Gasteiger partial charge >= 0.3 is 5.97 Å². The Bertz CT molecular complexity index is 1350. The predicted molar refractivity (Wildman–Crippen MR) is 119 cm³/mol. The third kappa shape index (κ3) is 3.99. The van der Waals surface area contributed by atoms with Gasteiger partial charge in [0, 0.05) is 29.6 Å².